The van der Waals surface area contributed by atoms with Gasteiger partial charge in [-0.1, -0.05) is 30.7 Å². The van der Waals surface area contributed by atoms with Crippen molar-refractivity contribution in [1.82, 2.24) is 0 Å². The molecule has 0 amide bonds. The van der Waals surface area contributed by atoms with Crippen molar-refractivity contribution in [3.63, 3.8) is 0 Å². The molecule has 0 fully saturated rings. The van der Waals surface area contributed by atoms with Gasteiger partial charge < -0.3 is 14.6 Å². The van der Waals surface area contributed by atoms with Gasteiger partial charge in [-0.3, -0.25) is 0 Å². The molecular weight excluding hydrogens is 397 g/mol. The van der Waals surface area contributed by atoms with E-state index in [2.05, 4.69) is 0 Å². The van der Waals surface area contributed by atoms with E-state index in [-0.39, 0.29) is 22.1 Å². The fourth-order valence-electron chi connectivity index (χ4n) is 2.86. The summed E-state index contributed by atoms with van der Waals surface area (Å²) in [6.07, 6.45) is -5.69. The molecule has 4 nitrogen and oxygen atoms in total. The number of benzene rings is 2. The summed E-state index contributed by atoms with van der Waals surface area (Å²) in [7, 11) is 0. The van der Waals surface area contributed by atoms with Crippen molar-refractivity contribution < 1.29 is 32.5 Å². The minimum absolute atomic E-state index is 0.112. The summed E-state index contributed by atoms with van der Waals surface area (Å²) in [5.74, 6) is -1.25. The third-order valence-electron chi connectivity index (χ3n) is 4.31. The van der Waals surface area contributed by atoms with E-state index in [1.165, 1.54) is 12.1 Å². The van der Waals surface area contributed by atoms with Crippen molar-refractivity contribution in [2.75, 3.05) is 0 Å². The minimum Gasteiger partial charge on any atom is -0.478 e. The van der Waals surface area contributed by atoms with Gasteiger partial charge in [0.1, 0.15) is 17.2 Å². The third kappa shape index (κ3) is 3.94. The van der Waals surface area contributed by atoms with Crippen LogP contribution in [0.25, 0.3) is 6.08 Å². The molecule has 1 aliphatic heterocycles. The number of aliphatic carboxylic acids is 1. The minimum atomic E-state index is -4.88. The molecule has 8 heteroatoms. The summed E-state index contributed by atoms with van der Waals surface area (Å²) in [6.45, 7) is 3.86. The lowest BCUT2D eigenvalue weighted by Crippen LogP contribution is -2.40. The number of hydrogen-bond donors (Lipinski definition) is 1. The van der Waals surface area contributed by atoms with Crippen LogP contribution in [-0.4, -0.2) is 23.4 Å². The topological polar surface area (TPSA) is 55.8 Å². The molecule has 0 bridgehead atoms. The molecule has 148 valence electrons. The highest BCUT2D eigenvalue weighted by Crippen LogP contribution is 2.42. The van der Waals surface area contributed by atoms with Gasteiger partial charge in [0.15, 0.2) is 0 Å². The zero-order valence-electron chi connectivity index (χ0n) is 14.9. The van der Waals surface area contributed by atoms with Crippen LogP contribution < -0.4 is 9.47 Å². The molecule has 2 aromatic carbocycles. The summed E-state index contributed by atoms with van der Waals surface area (Å²) in [5.41, 5.74) is 1.18. The van der Waals surface area contributed by atoms with Gasteiger partial charge in [-0.2, -0.15) is 13.2 Å². The maximum absolute atomic E-state index is 13.2. The molecule has 0 saturated heterocycles. The average Bonchev–Trinajstić information content (AvgIpc) is 2.62. The number of alkyl halides is 3. The van der Waals surface area contributed by atoms with Gasteiger partial charge in [-0.05, 0) is 42.7 Å². The molecule has 1 heterocycles. The van der Waals surface area contributed by atoms with E-state index in [0.29, 0.717) is 5.75 Å². The zero-order valence-corrected chi connectivity index (χ0v) is 15.7. The Morgan fingerprint density at radius 1 is 1.25 bits per heavy atom. The van der Waals surface area contributed by atoms with Crippen LogP contribution in [0.5, 0.6) is 17.2 Å². The van der Waals surface area contributed by atoms with E-state index < -0.39 is 23.8 Å². The number of hydrogen-bond acceptors (Lipinski definition) is 3. The molecule has 2 aromatic rings. The Bertz CT molecular complexity index is 967. The molecule has 0 saturated carbocycles. The van der Waals surface area contributed by atoms with Gasteiger partial charge in [0.2, 0.25) is 6.10 Å². The van der Waals surface area contributed by atoms with E-state index in [1.807, 2.05) is 26.0 Å². The van der Waals surface area contributed by atoms with Crippen LogP contribution >= 0.6 is 11.6 Å². The fraction of sp³-hybridized carbons (Fsp3) is 0.250. The van der Waals surface area contributed by atoms with Gasteiger partial charge >= 0.3 is 12.1 Å². The highest BCUT2D eigenvalue weighted by molar-refractivity contribution is 6.32. The highest BCUT2D eigenvalue weighted by atomic mass is 35.5. The number of fused-ring (bicyclic) bond motifs is 1. The lowest BCUT2D eigenvalue weighted by Gasteiger charge is -2.27. The van der Waals surface area contributed by atoms with Crippen molar-refractivity contribution >= 4 is 23.6 Å². The van der Waals surface area contributed by atoms with Gasteiger partial charge in [0, 0.05) is 11.6 Å². The monoisotopic (exact) mass is 412 g/mol. The Hall–Kier alpha value is -2.67. The Kier molecular flexibility index (Phi) is 5.30. The van der Waals surface area contributed by atoms with E-state index in [9.17, 15) is 18.0 Å². The summed E-state index contributed by atoms with van der Waals surface area (Å²) in [5, 5.41) is 9.20. The Balaban J connectivity index is 2.00. The first-order valence-electron chi connectivity index (χ1n) is 8.39. The lowest BCUT2D eigenvalue weighted by atomic mass is 10.0. The normalized spacial score (nSPS) is 16.1. The predicted molar refractivity (Wildman–Crippen MR) is 98.2 cm³/mol. The first kappa shape index (κ1) is 20.1. The van der Waals surface area contributed by atoms with Crippen LogP contribution in [0.3, 0.4) is 0 Å². The number of carboxylic acid groups (broad SMARTS) is 1. The smallest absolute Gasteiger partial charge is 0.430 e. The molecule has 1 unspecified atom stereocenters. The summed E-state index contributed by atoms with van der Waals surface area (Å²) >= 11 is 6.20. The molecule has 1 N–H and O–H groups in total. The Labute approximate surface area is 164 Å². The molecular formula is C20H16ClF3O4. The van der Waals surface area contributed by atoms with Crippen molar-refractivity contribution in [3.8, 4) is 17.2 Å². The van der Waals surface area contributed by atoms with Gasteiger partial charge in [-0.25, -0.2) is 4.79 Å². The number of aryl methyl sites for hydroxylation is 2. The number of carboxylic acids is 1. The molecule has 0 aromatic heterocycles. The van der Waals surface area contributed by atoms with Crippen LogP contribution in [0.2, 0.25) is 5.02 Å². The van der Waals surface area contributed by atoms with Crippen LogP contribution in [0.15, 0.2) is 35.9 Å². The summed E-state index contributed by atoms with van der Waals surface area (Å²) in [4.78, 5) is 11.2. The number of ether oxygens (including phenoxy) is 2. The van der Waals surface area contributed by atoms with Crippen LogP contribution in [-0.2, 0) is 11.2 Å². The Morgan fingerprint density at radius 2 is 1.96 bits per heavy atom. The first-order chi connectivity index (χ1) is 13.1. The second-order valence-corrected chi connectivity index (χ2v) is 6.73. The van der Waals surface area contributed by atoms with Crippen molar-refractivity contribution in [2.24, 2.45) is 0 Å². The SMILES string of the molecule is CCc1ccc(Oc2cc3c(cc2Cl)C=C(C(=O)O)C(C(F)(F)F)O3)c(C)c1. The largest absolute Gasteiger partial charge is 0.478 e. The van der Waals surface area contributed by atoms with Crippen molar-refractivity contribution in [3.05, 3.63) is 57.6 Å². The Morgan fingerprint density at radius 3 is 2.54 bits per heavy atom. The summed E-state index contributed by atoms with van der Waals surface area (Å²) < 4.78 is 50.4. The predicted octanol–water partition coefficient (Wildman–Crippen LogP) is 5.79. The maximum atomic E-state index is 13.2. The standard InChI is InChI=1S/C20H16ClF3O4/c1-3-11-4-5-15(10(2)6-11)27-17-9-16-12(8-14(17)21)7-13(19(25)26)18(28-16)20(22,23)24/h4-9,18H,3H2,1-2H3,(H,25,26). The third-order valence-corrected chi connectivity index (χ3v) is 4.61. The van der Waals surface area contributed by atoms with E-state index >= 15 is 0 Å². The van der Waals surface area contributed by atoms with Crippen LogP contribution in [0.4, 0.5) is 13.2 Å². The highest BCUT2D eigenvalue weighted by Gasteiger charge is 2.48. The quantitative estimate of drug-likeness (QED) is 0.690. The molecule has 0 spiro atoms. The molecule has 0 radical (unpaired) electrons. The molecule has 3 rings (SSSR count). The maximum Gasteiger partial charge on any atom is 0.430 e. The average molecular weight is 413 g/mol. The van der Waals surface area contributed by atoms with Gasteiger partial charge in [-0.15, -0.1) is 0 Å². The van der Waals surface area contributed by atoms with Crippen LogP contribution in [0.1, 0.15) is 23.6 Å². The molecule has 1 aliphatic rings. The molecule has 0 aliphatic carbocycles. The second kappa shape index (κ2) is 7.39. The fourth-order valence-corrected chi connectivity index (χ4v) is 3.07. The molecule has 1 atom stereocenters. The number of halogens is 4. The number of rotatable bonds is 4. The second-order valence-electron chi connectivity index (χ2n) is 6.32. The number of carbonyl (C=O) groups is 1. The van der Waals surface area contributed by atoms with Gasteiger partial charge in [0.25, 0.3) is 0 Å². The van der Waals surface area contributed by atoms with Crippen LogP contribution in [0, 0.1) is 6.92 Å². The van der Waals surface area contributed by atoms with Crippen molar-refractivity contribution in [2.45, 2.75) is 32.5 Å². The summed E-state index contributed by atoms with van der Waals surface area (Å²) in [6, 6.07) is 8.13. The van der Waals surface area contributed by atoms with E-state index in [4.69, 9.17) is 26.2 Å². The zero-order chi connectivity index (χ0) is 20.6. The van der Waals surface area contributed by atoms with Gasteiger partial charge in [0.05, 0.1) is 10.6 Å². The van der Waals surface area contributed by atoms with E-state index in [0.717, 1.165) is 23.6 Å². The lowest BCUT2D eigenvalue weighted by molar-refractivity contribution is -0.187. The van der Waals surface area contributed by atoms with E-state index in [1.54, 1.807) is 6.07 Å². The molecule has 28 heavy (non-hydrogen) atoms. The van der Waals surface area contributed by atoms with Crippen molar-refractivity contribution in [1.29, 1.82) is 0 Å². The first-order valence-corrected chi connectivity index (χ1v) is 8.77.